The zero-order valence-electron chi connectivity index (χ0n) is 14.0. The van der Waals surface area contributed by atoms with Crippen molar-refractivity contribution in [3.63, 3.8) is 0 Å². The molecule has 1 fully saturated rings. The zero-order valence-corrected chi connectivity index (χ0v) is 14.0. The van der Waals surface area contributed by atoms with Crippen LogP contribution in [0.5, 0.6) is 0 Å². The second-order valence-electron chi connectivity index (χ2n) is 6.75. The second-order valence-corrected chi connectivity index (χ2v) is 6.75. The minimum absolute atomic E-state index is 0.245. The predicted molar refractivity (Wildman–Crippen MR) is 94.3 cm³/mol. The number of H-pyrrole nitrogens is 1. The molecule has 1 unspecified atom stereocenters. The number of nitrogens with zero attached hydrogens (tertiary/aromatic N) is 2. The fraction of sp³-hybridized carbons (Fsp3) is 0.444. The average molecular weight is 326 g/mol. The number of nitrogens with one attached hydrogen (secondary N) is 3. The first-order valence-electron chi connectivity index (χ1n) is 8.73. The number of aromatic amines is 1. The minimum atomic E-state index is 0.245. The fourth-order valence-corrected chi connectivity index (χ4v) is 4.05. The van der Waals surface area contributed by atoms with Crippen LogP contribution in [-0.2, 0) is 0 Å². The van der Waals surface area contributed by atoms with E-state index in [0.29, 0.717) is 29.8 Å². The van der Waals surface area contributed by atoms with E-state index in [4.69, 9.17) is 5.41 Å². The molecule has 3 heterocycles. The van der Waals surface area contributed by atoms with E-state index in [2.05, 4.69) is 16.9 Å². The lowest BCUT2D eigenvalue weighted by molar-refractivity contribution is -0.909. The molecule has 1 aromatic carbocycles. The Hall–Kier alpha value is -2.34. The van der Waals surface area contributed by atoms with Gasteiger partial charge in [0.1, 0.15) is 23.5 Å². The molecule has 1 aromatic heterocycles. The van der Waals surface area contributed by atoms with Gasteiger partial charge < -0.3 is 19.9 Å². The lowest BCUT2D eigenvalue weighted by atomic mass is 10.2. The number of aromatic nitrogens is 2. The Balaban J connectivity index is 1.56. The van der Waals surface area contributed by atoms with E-state index in [9.17, 15) is 5.11 Å². The number of aliphatic hydroxyl groups excluding tert-OH is 1. The number of amidine groups is 1. The third-order valence-corrected chi connectivity index (χ3v) is 5.33. The van der Waals surface area contributed by atoms with Gasteiger partial charge in [-0.25, -0.2) is 4.98 Å². The largest absolute Gasteiger partial charge is 0.510 e. The fourth-order valence-electron chi connectivity index (χ4n) is 4.05. The number of benzene rings is 1. The lowest BCUT2D eigenvalue weighted by Gasteiger charge is -2.26. The number of para-hydroxylation sites is 2. The summed E-state index contributed by atoms with van der Waals surface area (Å²) in [5.41, 5.74) is 2.33. The maximum Gasteiger partial charge on any atom is 0.145 e. The summed E-state index contributed by atoms with van der Waals surface area (Å²) in [6.45, 7) is 5.81. The molecule has 0 amide bonds. The number of likely N-dealkylation sites (tertiary alicyclic amines) is 1. The highest BCUT2D eigenvalue weighted by Crippen LogP contribution is 2.27. The van der Waals surface area contributed by atoms with Crippen molar-refractivity contribution in [2.75, 3.05) is 26.2 Å². The molecule has 0 bridgehead atoms. The van der Waals surface area contributed by atoms with Crippen LogP contribution in [0.1, 0.15) is 25.6 Å². The van der Waals surface area contributed by atoms with Gasteiger partial charge >= 0.3 is 0 Å². The summed E-state index contributed by atoms with van der Waals surface area (Å²) >= 11 is 0. The van der Waals surface area contributed by atoms with Gasteiger partial charge in [-0.1, -0.05) is 12.1 Å². The monoisotopic (exact) mass is 326 g/mol. The molecule has 2 aliphatic heterocycles. The highest BCUT2D eigenvalue weighted by molar-refractivity contribution is 6.23. The summed E-state index contributed by atoms with van der Waals surface area (Å²) < 4.78 is 0. The van der Waals surface area contributed by atoms with Gasteiger partial charge in [0.25, 0.3) is 0 Å². The van der Waals surface area contributed by atoms with Crippen molar-refractivity contribution in [1.29, 1.82) is 5.41 Å². The van der Waals surface area contributed by atoms with Crippen molar-refractivity contribution in [3.05, 3.63) is 35.8 Å². The van der Waals surface area contributed by atoms with E-state index in [0.717, 1.165) is 24.1 Å². The molecule has 2 atom stereocenters. The van der Waals surface area contributed by atoms with Crippen LogP contribution in [0.3, 0.4) is 0 Å². The van der Waals surface area contributed by atoms with Gasteiger partial charge in [-0.15, -0.1) is 0 Å². The van der Waals surface area contributed by atoms with Crippen molar-refractivity contribution < 1.29 is 10.0 Å². The van der Waals surface area contributed by atoms with Crippen LogP contribution >= 0.6 is 0 Å². The number of likely N-dealkylation sites (N-methyl/N-ethyl adjacent to an activating group) is 1. The summed E-state index contributed by atoms with van der Waals surface area (Å²) in [7, 11) is 0. The standard InChI is InChI=1S/C18H23N5O/c1-2-22-9-5-6-12(22)10-23-11-15(24)16(17(23)19)18-20-13-7-3-4-8-14(13)21-18/h3-4,7-8,12,19,24H,2,5-6,9-11H2,1H3,(H,20,21)/p+1/t12-/m1/s1. The Bertz CT molecular complexity index is 776. The molecule has 24 heavy (non-hydrogen) atoms. The zero-order chi connectivity index (χ0) is 16.7. The normalized spacial score (nSPS) is 24.5. The number of hydrogen-bond donors (Lipinski definition) is 4. The van der Waals surface area contributed by atoms with Gasteiger partial charge in [0.2, 0.25) is 0 Å². The van der Waals surface area contributed by atoms with Crippen LogP contribution in [0.4, 0.5) is 0 Å². The SMILES string of the molecule is CC[NH+]1CCC[C@@H]1CN1CC(O)=C(c2nc3ccccc3[nH]2)C1=N. The van der Waals surface area contributed by atoms with Crippen LogP contribution in [0.25, 0.3) is 16.6 Å². The number of fused-ring (bicyclic) bond motifs is 1. The third kappa shape index (κ3) is 2.47. The van der Waals surface area contributed by atoms with E-state index < -0.39 is 0 Å². The van der Waals surface area contributed by atoms with Gasteiger partial charge in [0.05, 0.1) is 42.8 Å². The number of aliphatic hydroxyl groups is 1. The highest BCUT2D eigenvalue weighted by Gasteiger charge is 2.35. The molecular weight excluding hydrogens is 302 g/mol. The molecule has 6 heteroatoms. The molecule has 2 aliphatic rings. The Labute approximate surface area is 141 Å². The summed E-state index contributed by atoms with van der Waals surface area (Å²) in [6.07, 6.45) is 2.46. The van der Waals surface area contributed by atoms with E-state index in [1.165, 1.54) is 19.4 Å². The Morgan fingerprint density at radius 3 is 3.04 bits per heavy atom. The Morgan fingerprint density at radius 1 is 1.42 bits per heavy atom. The third-order valence-electron chi connectivity index (χ3n) is 5.33. The number of rotatable bonds is 4. The molecule has 4 rings (SSSR count). The van der Waals surface area contributed by atoms with Gasteiger partial charge in [0.15, 0.2) is 0 Å². The first kappa shape index (κ1) is 15.2. The molecule has 2 aromatic rings. The lowest BCUT2D eigenvalue weighted by Crippen LogP contribution is -3.14. The predicted octanol–water partition coefficient (Wildman–Crippen LogP) is 1.19. The molecule has 0 saturated carbocycles. The van der Waals surface area contributed by atoms with E-state index >= 15 is 0 Å². The van der Waals surface area contributed by atoms with E-state index in [1.54, 1.807) is 4.90 Å². The van der Waals surface area contributed by atoms with Crippen molar-refractivity contribution in [1.82, 2.24) is 14.9 Å². The van der Waals surface area contributed by atoms with Crippen LogP contribution in [-0.4, -0.2) is 58.0 Å². The maximum absolute atomic E-state index is 10.4. The van der Waals surface area contributed by atoms with Crippen molar-refractivity contribution in [2.24, 2.45) is 0 Å². The van der Waals surface area contributed by atoms with Crippen LogP contribution < -0.4 is 4.90 Å². The molecule has 0 radical (unpaired) electrons. The van der Waals surface area contributed by atoms with Crippen molar-refractivity contribution in [2.45, 2.75) is 25.8 Å². The second kappa shape index (κ2) is 5.94. The van der Waals surface area contributed by atoms with Crippen molar-refractivity contribution in [3.8, 4) is 0 Å². The molecule has 126 valence electrons. The molecule has 0 aliphatic carbocycles. The van der Waals surface area contributed by atoms with Crippen LogP contribution in [0.2, 0.25) is 0 Å². The molecule has 4 N–H and O–H groups in total. The summed E-state index contributed by atoms with van der Waals surface area (Å²) in [5, 5.41) is 19.0. The van der Waals surface area contributed by atoms with Gasteiger partial charge in [-0.05, 0) is 19.1 Å². The smallest absolute Gasteiger partial charge is 0.145 e. The van der Waals surface area contributed by atoms with Gasteiger partial charge in [-0.3, -0.25) is 5.41 Å². The minimum Gasteiger partial charge on any atom is -0.510 e. The van der Waals surface area contributed by atoms with Crippen molar-refractivity contribution >= 4 is 22.4 Å². The number of imidazole rings is 1. The van der Waals surface area contributed by atoms with Crippen LogP contribution in [0.15, 0.2) is 30.0 Å². The quantitative estimate of drug-likeness (QED) is 0.681. The molecule has 6 nitrogen and oxygen atoms in total. The summed E-state index contributed by atoms with van der Waals surface area (Å²) in [4.78, 5) is 11.4. The van der Waals surface area contributed by atoms with Gasteiger partial charge in [0, 0.05) is 12.8 Å². The number of quaternary nitrogens is 1. The van der Waals surface area contributed by atoms with E-state index in [1.807, 2.05) is 29.2 Å². The molecule has 1 saturated heterocycles. The Morgan fingerprint density at radius 2 is 2.25 bits per heavy atom. The van der Waals surface area contributed by atoms with Gasteiger partial charge in [-0.2, -0.15) is 0 Å². The highest BCUT2D eigenvalue weighted by atomic mass is 16.3. The first-order chi connectivity index (χ1) is 11.7. The molecule has 0 spiro atoms. The number of hydrogen-bond acceptors (Lipinski definition) is 3. The topological polar surface area (TPSA) is 80.4 Å². The van der Waals surface area contributed by atoms with E-state index in [-0.39, 0.29) is 5.76 Å². The Kier molecular flexibility index (Phi) is 3.76. The first-order valence-corrected chi connectivity index (χ1v) is 8.73. The summed E-state index contributed by atoms with van der Waals surface area (Å²) in [6, 6.07) is 8.34. The average Bonchev–Trinajstić information content (AvgIpc) is 3.25. The maximum atomic E-state index is 10.4. The summed E-state index contributed by atoms with van der Waals surface area (Å²) in [5.74, 6) is 1.22. The molecular formula is C18H24N5O+. The van der Waals surface area contributed by atoms with Crippen LogP contribution in [0, 0.1) is 5.41 Å².